The number of ether oxygens (including phenoxy) is 1. The highest BCUT2D eigenvalue weighted by molar-refractivity contribution is 7.15. The molecule has 1 aliphatic rings. The predicted octanol–water partition coefficient (Wildman–Crippen LogP) is 2.88. The van der Waals surface area contributed by atoms with Crippen LogP contribution in [0.15, 0.2) is 36.4 Å². The van der Waals surface area contributed by atoms with E-state index >= 15 is 0 Å². The van der Waals surface area contributed by atoms with Gasteiger partial charge in [-0.1, -0.05) is 29.5 Å². The molecule has 0 saturated carbocycles. The number of hydrogen-bond donors (Lipinski definition) is 1. The highest BCUT2D eigenvalue weighted by Crippen LogP contribution is 2.32. The first-order valence-corrected chi connectivity index (χ1v) is 6.74. The molecule has 0 saturated heterocycles. The third-order valence-electron chi connectivity index (χ3n) is 3.05. The van der Waals surface area contributed by atoms with Gasteiger partial charge in [-0.15, -0.1) is 0 Å². The number of nitrogens with zero attached hydrogens (tertiary/aromatic N) is 1. The second-order valence-electron chi connectivity index (χ2n) is 4.28. The van der Waals surface area contributed by atoms with Crippen LogP contribution in [0.4, 0.5) is 5.00 Å². The Morgan fingerprint density at radius 3 is 3.00 bits per heavy atom. The van der Waals surface area contributed by atoms with Crippen LogP contribution in [0.1, 0.15) is 16.5 Å². The molecule has 0 amide bonds. The highest BCUT2D eigenvalue weighted by atomic mass is 32.1. The van der Waals surface area contributed by atoms with Crippen molar-refractivity contribution in [3.05, 3.63) is 57.0 Å². The molecule has 6 heteroatoms. The summed E-state index contributed by atoms with van der Waals surface area (Å²) in [5.74, 6) is 0.914. The van der Waals surface area contributed by atoms with E-state index in [1.165, 1.54) is 11.3 Å². The summed E-state index contributed by atoms with van der Waals surface area (Å²) in [7, 11) is 0. The van der Waals surface area contributed by atoms with Crippen molar-refractivity contribution in [1.82, 2.24) is 5.32 Å². The molecular formula is C13H12N2O3S. The van der Waals surface area contributed by atoms with E-state index in [0.717, 1.165) is 16.2 Å². The van der Waals surface area contributed by atoms with Gasteiger partial charge in [0, 0.05) is 23.1 Å². The van der Waals surface area contributed by atoms with Gasteiger partial charge in [0.1, 0.15) is 12.4 Å². The molecule has 0 aliphatic carbocycles. The first-order valence-electron chi connectivity index (χ1n) is 5.92. The van der Waals surface area contributed by atoms with Crippen molar-refractivity contribution in [2.45, 2.75) is 12.6 Å². The molecule has 0 spiro atoms. The van der Waals surface area contributed by atoms with Crippen molar-refractivity contribution in [3.8, 4) is 5.75 Å². The summed E-state index contributed by atoms with van der Waals surface area (Å²) in [5.41, 5.74) is 1.15. The SMILES string of the molecule is O=[N+]([O-])c1ccc(CNC2COc3ccccc32)s1. The fourth-order valence-corrected chi connectivity index (χ4v) is 2.89. The lowest BCUT2D eigenvalue weighted by molar-refractivity contribution is -0.380. The van der Waals surface area contributed by atoms with Gasteiger partial charge in [0.25, 0.3) is 0 Å². The number of para-hydroxylation sites is 1. The second-order valence-corrected chi connectivity index (χ2v) is 5.43. The van der Waals surface area contributed by atoms with Gasteiger partial charge in [0.05, 0.1) is 11.0 Å². The lowest BCUT2D eigenvalue weighted by Gasteiger charge is -2.10. The van der Waals surface area contributed by atoms with E-state index in [1.54, 1.807) is 12.1 Å². The molecule has 2 heterocycles. The molecule has 1 aromatic heterocycles. The van der Waals surface area contributed by atoms with Crippen molar-refractivity contribution >= 4 is 16.3 Å². The third-order valence-corrected chi connectivity index (χ3v) is 4.09. The third kappa shape index (κ3) is 2.45. The Balaban J connectivity index is 1.65. The molecule has 3 rings (SSSR count). The van der Waals surface area contributed by atoms with Crippen molar-refractivity contribution in [2.75, 3.05) is 6.61 Å². The number of fused-ring (bicyclic) bond motifs is 1. The lowest BCUT2D eigenvalue weighted by atomic mass is 10.1. The Kier molecular flexibility index (Phi) is 3.18. The number of hydrogen-bond acceptors (Lipinski definition) is 5. The fourth-order valence-electron chi connectivity index (χ4n) is 2.12. The Hall–Kier alpha value is -1.92. The minimum atomic E-state index is -0.359. The molecule has 5 nitrogen and oxygen atoms in total. The molecule has 1 aromatic carbocycles. The summed E-state index contributed by atoms with van der Waals surface area (Å²) in [5, 5.41) is 14.2. The van der Waals surface area contributed by atoms with E-state index in [2.05, 4.69) is 5.32 Å². The first kappa shape index (κ1) is 12.1. The van der Waals surface area contributed by atoms with Crippen LogP contribution in [-0.4, -0.2) is 11.5 Å². The zero-order valence-corrected chi connectivity index (χ0v) is 10.9. The number of nitrogens with one attached hydrogen (secondary N) is 1. The highest BCUT2D eigenvalue weighted by Gasteiger charge is 2.23. The summed E-state index contributed by atoms with van der Waals surface area (Å²) in [6.45, 7) is 1.22. The van der Waals surface area contributed by atoms with E-state index in [4.69, 9.17) is 4.74 Å². The molecule has 1 atom stereocenters. The standard InChI is InChI=1S/C13H12N2O3S/c16-15(17)13-6-5-9(19-13)7-14-11-8-18-12-4-2-1-3-10(11)12/h1-6,11,14H,7-8H2. The van der Waals surface area contributed by atoms with E-state index in [9.17, 15) is 10.1 Å². The smallest absolute Gasteiger partial charge is 0.324 e. The van der Waals surface area contributed by atoms with Crippen LogP contribution in [0.3, 0.4) is 0 Å². The number of rotatable bonds is 4. The first-order chi connectivity index (χ1) is 9.24. The van der Waals surface area contributed by atoms with Crippen molar-refractivity contribution in [1.29, 1.82) is 0 Å². The van der Waals surface area contributed by atoms with Crippen LogP contribution in [0.2, 0.25) is 0 Å². The largest absolute Gasteiger partial charge is 0.491 e. The minimum Gasteiger partial charge on any atom is -0.491 e. The monoisotopic (exact) mass is 276 g/mol. The number of nitro groups is 1. The number of thiophene rings is 1. The Morgan fingerprint density at radius 1 is 1.37 bits per heavy atom. The molecule has 1 aliphatic heterocycles. The van der Waals surface area contributed by atoms with Crippen molar-refractivity contribution in [3.63, 3.8) is 0 Å². The quantitative estimate of drug-likeness (QED) is 0.689. The van der Waals surface area contributed by atoms with E-state index < -0.39 is 0 Å². The average molecular weight is 276 g/mol. The van der Waals surface area contributed by atoms with Crippen LogP contribution >= 0.6 is 11.3 Å². The molecule has 1 N–H and O–H groups in total. The Bertz CT molecular complexity index is 611. The second kappa shape index (κ2) is 4.99. The van der Waals surface area contributed by atoms with Crippen LogP contribution in [0, 0.1) is 10.1 Å². The summed E-state index contributed by atoms with van der Waals surface area (Å²) < 4.78 is 5.58. The number of benzene rings is 1. The molecule has 1 unspecified atom stereocenters. The predicted molar refractivity (Wildman–Crippen MR) is 72.5 cm³/mol. The van der Waals surface area contributed by atoms with Gasteiger partial charge in [0.2, 0.25) is 0 Å². The minimum absolute atomic E-state index is 0.150. The maximum Gasteiger partial charge on any atom is 0.324 e. The average Bonchev–Trinajstić information content (AvgIpc) is 3.03. The summed E-state index contributed by atoms with van der Waals surface area (Å²) >= 11 is 1.20. The molecule has 2 aromatic rings. The van der Waals surface area contributed by atoms with Gasteiger partial charge in [-0.3, -0.25) is 10.1 Å². The maximum atomic E-state index is 10.6. The van der Waals surface area contributed by atoms with Gasteiger partial charge in [-0.25, -0.2) is 0 Å². The van der Waals surface area contributed by atoms with Crippen molar-refractivity contribution in [2.24, 2.45) is 0 Å². The fraction of sp³-hybridized carbons (Fsp3) is 0.231. The topological polar surface area (TPSA) is 64.4 Å². The van der Waals surface area contributed by atoms with E-state index in [1.807, 2.05) is 24.3 Å². The van der Waals surface area contributed by atoms with E-state index in [0.29, 0.717) is 13.2 Å². The van der Waals surface area contributed by atoms with Crippen LogP contribution < -0.4 is 10.1 Å². The van der Waals surface area contributed by atoms with Gasteiger partial charge >= 0.3 is 5.00 Å². The molecule has 0 fully saturated rings. The summed E-state index contributed by atoms with van der Waals surface area (Å²) in [4.78, 5) is 11.2. The van der Waals surface area contributed by atoms with Crippen LogP contribution in [0.25, 0.3) is 0 Å². The van der Waals surface area contributed by atoms with Gasteiger partial charge < -0.3 is 10.1 Å². The van der Waals surface area contributed by atoms with Crippen molar-refractivity contribution < 1.29 is 9.66 Å². The Morgan fingerprint density at radius 2 is 2.21 bits per heavy atom. The molecular weight excluding hydrogens is 264 g/mol. The molecule has 19 heavy (non-hydrogen) atoms. The van der Waals surface area contributed by atoms with E-state index in [-0.39, 0.29) is 16.0 Å². The Labute approximate surface area is 114 Å². The van der Waals surface area contributed by atoms with Gasteiger partial charge in [0.15, 0.2) is 0 Å². The van der Waals surface area contributed by atoms with Crippen LogP contribution in [-0.2, 0) is 6.54 Å². The zero-order valence-electron chi connectivity index (χ0n) is 10.0. The molecule has 0 radical (unpaired) electrons. The lowest BCUT2D eigenvalue weighted by Crippen LogP contribution is -2.21. The van der Waals surface area contributed by atoms with Crippen LogP contribution in [0.5, 0.6) is 5.75 Å². The van der Waals surface area contributed by atoms with Gasteiger partial charge in [-0.05, 0) is 12.1 Å². The molecule has 0 bridgehead atoms. The van der Waals surface area contributed by atoms with Gasteiger partial charge in [-0.2, -0.15) is 0 Å². The summed E-state index contributed by atoms with van der Waals surface area (Å²) in [6.07, 6.45) is 0. The molecule has 98 valence electrons. The zero-order chi connectivity index (χ0) is 13.2. The maximum absolute atomic E-state index is 10.6. The normalized spacial score (nSPS) is 16.9. The summed E-state index contributed by atoms with van der Waals surface area (Å²) in [6, 6.07) is 11.4.